The summed E-state index contributed by atoms with van der Waals surface area (Å²) in [6.07, 6.45) is 2.37. The van der Waals surface area contributed by atoms with E-state index in [1.807, 2.05) is 0 Å². The molecule has 1 aromatic rings. The maximum absolute atomic E-state index is 11.8. The van der Waals surface area contributed by atoms with Crippen LogP contribution in [0, 0.1) is 6.92 Å². The summed E-state index contributed by atoms with van der Waals surface area (Å²) in [6.45, 7) is 1.43. The summed E-state index contributed by atoms with van der Waals surface area (Å²) < 4.78 is 12.3. The molecule has 1 aliphatic rings. The lowest BCUT2D eigenvalue weighted by Crippen LogP contribution is -2.33. The molecule has 0 spiro atoms. The van der Waals surface area contributed by atoms with Crippen LogP contribution in [-0.4, -0.2) is 39.7 Å². The highest BCUT2D eigenvalue weighted by Gasteiger charge is 2.37. The van der Waals surface area contributed by atoms with Gasteiger partial charge in [-0.25, -0.2) is 4.79 Å². The zero-order valence-corrected chi connectivity index (χ0v) is 11.5. The molecule has 7 nitrogen and oxygen atoms in total. The Morgan fingerprint density at radius 1 is 1.63 bits per heavy atom. The van der Waals surface area contributed by atoms with Crippen LogP contribution >= 0.6 is 12.0 Å². The van der Waals surface area contributed by atoms with Crippen molar-refractivity contribution < 1.29 is 14.0 Å². The van der Waals surface area contributed by atoms with Gasteiger partial charge in [0.2, 0.25) is 0 Å². The zero-order chi connectivity index (χ0) is 14.0. The van der Waals surface area contributed by atoms with Crippen molar-refractivity contribution in [2.75, 3.05) is 12.9 Å². The summed E-state index contributed by atoms with van der Waals surface area (Å²) in [6, 6.07) is 0. The van der Waals surface area contributed by atoms with Crippen LogP contribution in [0.2, 0.25) is 0 Å². The fourth-order valence-corrected chi connectivity index (χ4v) is 2.51. The van der Waals surface area contributed by atoms with Crippen molar-refractivity contribution in [3.63, 3.8) is 0 Å². The number of rotatable bonds is 4. The first-order valence-electron chi connectivity index (χ1n) is 5.84. The van der Waals surface area contributed by atoms with Gasteiger partial charge < -0.3 is 14.0 Å². The molecule has 0 bridgehead atoms. The van der Waals surface area contributed by atoms with E-state index in [9.17, 15) is 14.7 Å². The lowest BCUT2D eigenvalue weighted by molar-refractivity contribution is -0.0400. The van der Waals surface area contributed by atoms with E-state index in [0.29, 0.717) is 12.0 Å². The third kappa shape index (κ3) is 2.92. The van der Waals surface area contributed by atoms with Crippen LogP contribution in [0.1, 0.15) is 18.2 Å². The minimum atomic E-state index is -0.544. The molecule has 2 rings (SSSR count). The Labute approximate surface area is 113 Å². The molecule has 1 saturated heterocycles. The molecule has 19 heavy (non-hydrogen) atoms. The molecule has 1 aromatic heterocycles. The van der Waals surface area contributed by atoms with E-state index in [1.165, 1.54) is 22.8 Å². The number of aliphatic hydroxyl groups is 1. The lowest BCUT2D eigenvalue weighted by atomic mass is 10.2. The molecule has 0 amide bonds. The van der Waals surface area contributed by atoms with Crippen LogP contribution in [0.5, 0.6) is 0 Å². The maximum Gasteiger partial charge on any atom is 0.330 e. The van der Waals surface area contributed by atoms with E-state index in [1.54, 1.807) is 13.2 Å². The fraction of sp³-hybridized carbons (Fsp3) is 0.636. The molecule has 3 unspecified atom stereocenters. The predicted molar refractivity (Wildman–Crippen MR) is 70.1 cm³/mol. The quantitative estimate of drug-likeness (QED) is 0.745. The fourth-order valence-electron chi connectivity index (χ4n) is 2.06. The number of nitrogens with one attached hydrogen (secondary N) is 1. The number of hydrogen-bond donors (Lipinski definition) is 2. The first-order chi connectivity index (χ1) is 9.06. The van der Waals surface area contributed by atoms with Gasteiger partial charge in [0, 0.05) is 24.4 Å². The molecule has 0 radical (unpaired) electrons. The second-order valence-electron chi connectivity index (χ2n) is 4.33. The maximum atomic E-state index is 11.8. The molecule has 0 aromatic carbocycles. The third-order valence-electron chi connectivity index (χ3n) is 3.04. The van der Waals surface area contributed by atoms with Crippen molar-refractivity contribution in [1.82, 2.24) is 9.55 Å². The smallest absolute Gasteiger partial charge is 0.330 e. The monoisotopic (exact) mass is 288 g/mol. The van der Waals surface area contributed by atoms with Crippen LogP contribution in [0.3, 0.4) is 0 Å². The molecule has 1 aliphatic heterocycles. The third-order valence-corrected chi connectivity index (χ3v) is 3.48. The van der Waals surface area contributed by atoms with Crippen LogP contribution in [0.4, 0.5) is 0 Å². The van der Waals surface area contributed by atoms with Crippen LogP contribution in [0.15, 0.2) is 15.8 Å². The number of aromatic amines is 1. The van der Waals surface area contributed by atoms with Crippen molar-refractivity contribution in [2.45, 2.75) is 31.8 Å². The first kappa shape index (κ1) is 14.3. The second-order valence-corrected chi connectivity index (χ2v) is 4.85. The molecular weight excluding hydrogens is 272 g/mol. The van der Waals surface area contributed by atoms with Crippen molar-refractivity contribution >= 4 is 12.0 Å². The van der Waals surface area contributed by atoms with Gasteiger partial charge in [0.25, 0.3) is 5.56 Å². The number of aliphatic hydroxyl groups excluding tert-OH is 1. The summed E-state index contributed by atoms with van der Waals surface area (Å²) in [5, 5.41) is 9.24. The molecule has 2 heterocycles. The number of nitrogens with zero attached hydrogens (tertiary/aromatic N) is 1. The summed E-state index contributed by atoms with van der Waals surface area (Å²) in [4.78, 5) is 25.3. The summed E-state index contributed by atoms with van der Waals surface area (Å²) in [5.74, 6) is 0. The van der Waals surface area contributed by atoms with Crippen LogP contribution < -0.4 is 11.2 Å². The number of aryl methyl sites for hydroxylation is 1. The predicted octanol–water partition coefficient (Wildman–Crippen LogP) is -0.212. The number of ether oxygens (including phenoxy) is 1. The van der Waals surface area contributed by atoms with Gasteiger partial charge >= 0.3 is 5.69 Å². The van der Waals surface area contributed by atoms with Gasteiger partial charge in [0.05, 0.1) is 6.61 Å². The molecule has 8 heteroatoms. The minimum Gasteiger partial charge on any atom is -0.394 e. The lowest BCUT2D eigenvalue weighted by Gasteiger charge is -2.15. The Kier molecular flexibility index (Phi) is 4.46. The van der Waals surface area contributed by atoms with Crippen LogP contribution in [0.25, 0.3) is 0 Å². The summed E-state index contributed by atoms with van der Waals surface area (Å²) in [5.41, 5.74) is -0.505. The van der Waals surface area contributed by atoms with Crippen molar-refractivity contribution in [3.8, 4) is 0 Å². The molecular formula is C11H16N2O5S. The van der Waals surface area contributed by atoms with Gasteiger partial charge in [-0.3, -0.25) is 14.3 Å². The molecule has 0 aliphatic carbocycles. The SMILES string of the molecule is CSOC1CC(n2cc(C)c(=O)[nH]c2=O)OC1CO. The molecule has 2 N–H and O–H groups in total. The van der Waals surface area contributed by atoms with Gasteiger partial charge in [0.15, 0.2) is 0 Å². The Hall–Kier alpha value is -1.09. The van der Waals surface area contributed by atoms with Gasteiger partial charge in [-0.05, 0) is 19.0 Å². The number of H-pyrrole nitrogens is 1. The highest BCUT2D eigenvalue weighted by atomic mass is 32.2. The average Bonchev–Trinajstić information content (AvgIpc) is 2.77. The molecule has 3 atom stereocenters. The van der Waals surface area contributed by atoms with E-state index in [-0.39, 0.29) is 12.7 Å². The van der Waals surface area contributed by atoms with Crippen molar-refractivity contribution in [3.05, 3.63) is 32.6 Å². The Bertz CT molecular complexity index is 555. The Morgan fingerprint density at radius 2 is 2.37 bits per heavy atom. The van der Waals surface area contributed by atoms with E-state index < -0.39 is 23.6 Å². The summed E-state index contributed by atoms with van der Waals surface area (Å²) in [7, 11) is 0. The number of hydrogen-bond acceptors (Lipinski definition) is 6. The van der Waals surface area contributed by atoms with Gasteiger partial charge in [0.1, 0.15) is 18.4 Å². The van der Waals surface area contributed by atoms with E-state index in [2.05, 4.69) is 4.98 Å². The standard InChI is InChI=1S/C11H16N2O5S/c1-6-4-13(11(16)12-10(6)15)9-3-7(18-19-2)8(5-14)17-9/h4,7-9,14H,3,5H2,1-2H3,(H,12,15,16). The summed E-state index contributed by atoms with van der Waals surface area (Å²) >= 11 is 1.19. The van der Waals surface area contributed by atoms with Gasteiger partial charge in [-0.2, -0.15) is 0 Å². The number of aromatic nitrogens is 2. The van der Waals surface area contributed by atoms with Gasteiger partial charge in [-0.1, -0.05) is 0 Å². The van der Waals surface area contributed by atoms with Crippen LogP contribution in [-0.2, 0) is 8.92 Å². The highest BCUT2D eigenvalue weighted by molar-refractivity contribution is 7.93. The normalized spacial score (nSPS) is 26.8. The topological polar surface area (TPSA) is 93.6 Å². The van der Waals surface area contributed by atoms with E-state index in [4.69, 9.17) is 8.92 Å². The Balaban J connectivity index is 2.27. The Morgan fingerprint density at radius 3 is 3.00 bits per heavy atom. The average molecular weight is 288 g/mol. The van der Waals surface area contributed by atoms with E-state index in [0.717, 1.165) is 0 Å². The van der Waals surface area contributed by atoms with Gasteiger partial charge in [-0.15, -0.1) is 0 Å². The van der Waals surface area contributed by atoms with E-state index >= 15 is 0 Å². The molecule has 106 valence electrons. The molecule has 0 saturated carbocycles. The molecule has 1 fully saturated rings. The second kappa shape index (κ2) is 5.91. The minimum absolute atomic E-state index is 0.182. The largest absolute Gasteiger partial charge is 0.394 e. The van der Waals surface area contributed by atoms with Crippen molar-refractivity contribution in [2.24, 2.45) is 0 Å². The zero-order valence-electron chi connectivity index (χ0n) is 10.7. The first-order valence-corrected chi connectivity index (χ1v) is 6.99. The highest BCUT2D eigenvalue weighted by Crippen LogP contribution is 2.31. The van der Waals surface area contributed by atoms with Crippen molar-refractivity contribution in [1.29, 1.82) is 0 Å².